The van der Waals surface area contributed by atoms with Crippen LogP contribution in [0.15, 0.2) is 167 Å². The number of unbranched alkanes of at least 4 members (excludes halogenated alkanes) is 1. The summed E-state index contributed by atoms with van der Waals surface area (Å²) in [6.45, 7) is 4.89. The molecule has 0 bridgehead atoms. The number of anilines is 1. The number of nitrogens with one attached hydrogen (secondary N) is 1. The van der Waals surface area contributed by atoms with Gasteiger partial charge in [0.1, 0.15) is 5.54 Å². The first-order chi connectivity index (χ1) is 21.3. The summed E-state index contributed by atoms with van der Waals surface area (Å²) in [6.07, 6.45) is 4.72. The van der Waals surface area contributed by atoms with E-state index >= 15 is 0 Å². The predicted octanol–water partition coefficient (Wildman–Crippen LogP) is 9.46. The number of benzene rings is 5. The summed E-state index contributed by atoms with van der Waals surface area (Å²) >= 11 is 1.79. The lowest BCUT2D eigenvalue weighted by Gasteiger charge is -2.44. The van der Waals surface area contributed by atoms with Crippen molar-refractivity contribution in [1.29, 1.82) is 0 Å². The van der Waals surface area contributed by atoms with E-state index in [9.17, 15) is 0 Å². The highest BCUT2D eigenvalue weighted by Crippen LogP contribution is 2.44. The summed E-state index contributed by atoms with van der Waals surface area (Å²) in [5.74, 6) is 0. The Bertz CT molecular complexity index is 1490. The van der Waals surface area contributed by atoms with Crippen LogP contribution < -0.4 is 5.32 Å². The van der Waals surface area contributed by atoms with E-state index in [1.54, 1.807) is 11.8 Å². The van der Waals surface area contributed by atoms with Gasteiger partial charge < -0.3 is 15.1 Å². The standard InChI is InChI=1S/C39H39N3S/c1-2-3-28-41-31-42(30-36(41)29-40-35-24-26-38(27-25-35)43-37-22-14-7-15-23-37)39(32-16-8-4-9-17-32,33-18-10-5-11-19-33)34-20-12-6-13-21-34/h4-27,30,40H,2-3,28-29,31H2,1H3. The Morgan fingerprint density at radius 1 is 0.628 bits per heavy atom. The maximum Gasteiger partial charge on any atom is 0.117 e. The molecule has 0 saturated heterocycles. The zero-order valence-electron chi connectivity index (χ0n) is 24.8. The van der Waals surface area contributed by atoms with E-state index in [0.717, 1.165) is 31.9 Å². The summed E-state index contributed by atoms with van der Waals surface area (Å²) in [4.78, 5) is 7.61. The SMILES string of the molecule is CCCCN1CN(C(c2ccccc2)(c2ccccc2)c2ccccc2)C=C1CNc1ccc(Sc2ccccc2)cc1. The largest absolute Gasteiger partial charge is 0.379 e. The molecule has 0 amide bonds. The van der Waals surface area contributed by atoms with Crippen LogP contribution in [0.5, 0.6) is 0 Å². The van der Waals surface area contributed by atoms with Crippen LogP contribution in [-0.4, -0.2) is 29.6 Å². The van der Waals surface area contributed by atoms with Crippen LogP contribution in [0, 0.1) is 0 Å². The fraction of sp³-hybridized carbons (Fsp3) is 0.179. The van der Waals surface area contributed by atoms with Gasteiger partial charge in [-0.15, -0.1) is 0 Å². The molecule has 0 saturated carbocycles. The zero-order valence-corrected chi connectivity index (χ0v) is 25.6. The molecule has 5 aromatic rings. The third-order valence-electron chi connectivity index (χ3n) is 8.13. The molecule has 1 aliphatic rings. The average Bonchev–Trinajstić information content (AvgIpc) is 3.48. The fourth-order valence-corrected chi connectivity index (χ4v) is 6.83. The van der Waals surface area contributed by atoms with E-state index in [-0.39, 0.29) is 0 Å². The molecule has 5 aromatic carbocycles. The highest BCUT2D eigenvalue weighted by molar-refractivity contribution is 7.99. The second-order valence-electron chi connectivity index (χ2n) is 11.0. The lowest BCUT2D eigenvalue weighted by molar-refractivity contribution is 0.174. The van der Waals surface area contributed by atoms with Gasteiger partial charge in [0, 0.05) is 28.2 Å². The molecule has 0 radical (unpaired) electrons. The highest BCUT2D eigenvalue weighted by Gasteiger charge is 2.43. The first kappa shape index (κ1) is 28.7. The van der Waals surface area contributed by atoms with Crippen molar-refractivity contribution >= 4 is 17.4 Å². The van der Waals surface area contributed by atoms with Crippen LogP contribution in [-0.2, 0) is 5.54 Å². The van der Waals surface area contributed by atoms with Gasteiger partial charge in [0.05, 0.1) is 18.9 Å². The lowest BCUT2D eigenvalue weighted by atomic mass is 9.76. The van der Waals surface area contributed by atoms with Crippen molar-refractivity contribution in [2.45, 2.75) is 35.1 Å². The Labute approximate surface area is 260 Å². The van der Waals surface area contributed by atoms with E-state index in [2.05, 4.69) is 174 Å². The number of hydrogen-bond acceptors (Lipinski definition) is 4. The van der Waals surface area contributed by atoms with Gasteiger partial charge in [0.2, 0.25) is 0 Å². The molecule has 0 aliphatic carbocycles. The molecule has 0 aromatic heterocycles. The lowest BCUT2D eigenvalue weighted by Crippen LogP contribution is -2.46. The first-order valence-electron chi connectivity index (χ1n) is 15.2. The van der Waals surface area contributed by atoms with Gasteiger partial charge in [-0.2, -0.15) is 0 Å². The first-order valence-corrected chi connectivity index (χ1v) is 16.0. The minimum absolute atomic E-state index is 0.466. The van der Waals surface area contributed by atoms with Gasteiger partial charge in [-0.05, 0) is 59.5 Å². The van der Waals surface area contributed by atoms with Crippen LogP contribution in [0.4, 0.5) is 5.69 Å². The molecular formula is C39H39N3S. The third-order valence-corrected chi connectivity index (χ3v) is 9.14. The summed E-state index contributed by atoms with van der Waals surface area (Å²) in [7, 11) is 0. The minimum atomic E-state index is -0.466. The van der Waals surface area contributed by atoms with Gasteiger partial charge in [-0.1, -0.05) is 134 Å². The van der Waals surface area contributed by atoms with Crippen LogP contribution in [0.1, 0.15) is 36.5 Å². The van der Waals surface area contributed by atoms with E-state index in [4.69, 9.17) is 0 Å². The van der Waals surface area contributed by atoms with E-state index < -0.39 is 5.54 Å². The van der Waals surface area contributed by atoms with Crippen LogP contribution in [0.3, 0.4) is 0 Å². The molecule has 0 atom stereocenters. The molecule has 0 spiro atoms. The number of rotatable bonds is 12. The summed E-state index contributed by atoms with van der Waals surface area (Å²) in [5, 5.41) is 3.73. The van der Waals surface area contributed by atoms with Crippen molar-refractivity contribution in [3.05, 3.63) is 174 Å². The smallest absolute Gasteiger partial charge is 0.117 e. The predicted molar refractivity (Wildman–Crippen MR) is 181 cm³/mol. The highest BCUT2D eigenvalue weighted by atomic mass is 32.2. The molecule has 6 rings (SSSR count). The van der Waals surface area contributed by atoms with Crippen molar-refractivity contribution < 1.29 is 0 Å². The van der Waals surface area contributed by atoms with Crippen molar-refractivity contribution in [2.24, 2.45) is 0 Å². The normalized spacial score (nSPS) is 13.2. The molecule has 0 unspecified atom stereocenters. The fourth-order valence-electron chi connectivity index (χ4n) is 5.99. The zero-order chi connectivity index (χ0) is 29.3. The van der Waals surface area contributed by atoms with Gasteiger partial charge in [-0.25, -0.2) is 0 Å². The molecular weight excluding hydrogens is 543 g/mol. The molecule has 216 valence electrons. The molecule has 3 nitrogen and oxygen atoms in total. The maximum absolute atomic E-state index is 3.73. The Morgan fingerprint density at radius 2 is 1.12 bits per heavy atom. The van der Waals surface area contributed by atoms with Crippen molar-refractivity contribution in [3.8, 4) is 0 Å². The molecule has 4 heteroatoms. The van der Waals surface area contributed by atoms with E-state index in [1.807, 2.05) is 0 Å². The van der Waals surface area contributed by atoms with Crippen LogP contribution in [0.2, 0.25) is 0 Å². The molecule has 1 heterocycles. The third kappa shape index (κ3) is 6.35. The van der Waals surface area contributed by atoms with Crippen molar-refractivity contribution in [2.75, 3.05) is 25.1 Å². The van der Waals surface area contributed by atoms with Gasteiger partial charge in [0.15, 0.2) is 0 Å². The second kappa shape index (κ2) is 13.7. The van der Waals surface area contributed by atoms with Gasteiger partial charge in [-0.3, -0.25) is 0 Å². The Balaban J connectivity index is 1.33. The number of nitrogens with zero attached hydrogens (tertiary/aromatic N) is 2. The maximum atomic E-state index is 3.73. The summed E-state index contributed by atoms with van der Waals surface area (Å²) in [6, 6.07) is 52.2. The van der Waals surface area contributed by atoms with Gasteiger partial charge >= 0.3 is 0 Å². The van der Waals surface area contributed by atoms with Crippen LogP contribution in [0.25, 0.3) is 0 Å². The summed E-state index contributed by atoms with van der Waals surface area (Å²) < 4.78 is 0. The van der Waals surface area contributed by atoms with E-state index in [0.29, 0.717) is 0 Å². The molecule has 43 heavy (non-hydrogen) atoms. The number of hydrogen-bond donors (Lipinski definition) is 1. The van der Waals surface area contributed by atoms with E-state index in [1.165, 1.54) is 38.6 Å². The minimum Gasteiger partial charge on any atom is -0.379 e. The molecule has 1 N–H and O–H groups in total. The Kier molecular flexibility index (Phi) is 9.15. The average molecular weight is 582 g/mol. The topological polar surface area (TPSA) is 18.5 Å². The van der Waals surface area contributed by atoms with Gasteiger partial charge in [0.25, 0.3) is 0 Å². The molecule has 1 aliphatic heterocycles. The summed E-state index contributed by atoms with van der Waals surface area (Å²) in [5.41, 5.74) is 5.77. The quantitative estimate of drug-likeness (QED) is 0.148. The molecule has 0 fully saturated rings. The Hall–Kier alpha value is -4.41. The monoisotopic (exact) mass is 581 g/mol. The second-order valence-corrected chi connectivity index (χ2v) is 12.1. The van der Waals surface area contributed by atoms with Crippen LogP contribution >= 0.6 is 11.8 Å². The van der Waals surface area contributed by atoms with Crippen molar-refractivity contribution in [3.63, 3.8) is 0 Å². The van der Waals surface area contributed by atoms with Crippen molar-refractivity contribution in [1.82, 2.24) is 9.80 Å². The Morgan fingerprint density at radius 3 is 1.63 bits per heavy atom.